The maximum absolute atomic E-state index is 3.36. The van der Waals surface area contributed by atoms with E-state index in [1.165, 1.54) is 19.3 Å². The molecule has 1 unspecified atom stereocenters. The lowest BCUT2D eigenvalue weighted by atomic mass is 10.1. The van der Waals surface area contributed by atoms with Crippen LogP contribution < -0.4 is 5.32 Å². The Labute approximate surface area is 85.6 Å². The third kappa shape index (κ3) is 24.5. The molecule has 0 saturated carbocycles. The van der Waals surface area contributed by atoms with Gasteiger partial charge in [0.2, 0.25) is 0 Å². The molecule has 1 heteroatoms. The highest BCUT2D eigenvalue weighted by molar-refractivity contribution is 4.59. The number of rotatable bonds is 4. The summed E-state index contributed by atoms with van der Waals surface area (Å²) in [5.41, 5.74) is 0. The van der Waals surface area contributed by atoms with Crippen molar-refractivity contribution in [2.24, 2.45) is 0 Å². The highest BCUT2D eigenvalue weighted by Gasteiger charge is 1.97. The average Bonchev–Trinajstić information content (AvgIpc) is 2.18. The summed E-state index contributed by atoms with van der Waals surface area (Å²) in [5.74, 6) is 0. The van der Waals surface area contributed by atoms with E-state index in [4.69, 9.17) is 0 Å². The first-order valence-electron chi connectivity index (χ1n) is 5.50. The maximum Gasteiger partial charge on any atom is 0.00613 e. The highest BCUT2D eigenvalue weighted by Crippen LogP contribution is 1.98. The Morgan fingerprint density at radius 1 is 1.31 bits per heavy atom. The van der Waals surface area contributed by atoms with Crippen LogP contribution in [0.15, 0.2) is 12.7 Å². The normalized spacial score (nSPS) is 10.0. The van der Waals surface area contributed by atoms with Crippen molar-refractivity contribution in [3.8, 4) is 0 Å². The zero-order chi connectivity index (χ0) is 11.1. The monoisotopic (exact) mass is 187 g/mol. The first-order valence-corrected chi connectivity index (χ1v) is 5.50. The van der Waals surface area contributed by atoms with E-state index in [1.807, 2.05) is 27.8 Å². The Hall–Kier alpha value is -0.300. The maximum atomic E-state index is 3.36. The second-order valence-electron chi connectivity index (χ2n) is 2.59. The molecule has 0 aromatic carbocycles. The van der Waals surface area contributed by atoms with Crippen molar-refractivity contribution in [3.63, 3.8) is 0 Å². The Morgan fingerprint density at radius 2 is 1.69 bits per heavy atom. The van der Waals surface area contributed by atoms with Crippen LogP contribution in [0.5, 0.6) is 0 Å². The third-order valence-corrected chi connectivity index (χ3v) is 1.54. The van der Waals surface area contributed by atoms with Gasteiger partial charge in [0.1, 0.15) is 0 Å². The van der Waals surface area contributed by atoms with Gasteiger partial charge in [-0.3, -0.25) is 0 Å². The van der Waals surface area contributed by atoms with Gasteiger partial charge in [0.25, 0.3) is 0 Å². The first-order chi connectivity index (χ1) is 6.26. The van der Waals surface area contributed by atoms with Crippen LogP contribution in [0, 0.1) is 0 Å². The van der Waals surface area contributed by atoms with Crippen molar-refractivity contribution < 1.29 is 0 Å². The second-order valence-corrected chi connectivity index (χ2v) is 2.59. The summed E-state index contributed by atoms with van der Waals surface area (Å²) in [4.78, 5) is 0. The zero-order valence-electron chi connectivity index (χ0n) is 10.5. The molecule has 0 saturated heterocycles. The SMILES string of the molecule is C=CC.CC.CCCC(CC)NC. The van der Waals surface area contributed by atoms with Crippen molar-refractivity contribution in [3.05, 3.63) is 12.7 Å². The van der Waals surface area contributed by atoms with E-state index in [0.717, 1.165) is 6.04 Å². The van der Waals surface area contributed by atoms with Crippen LogP contribution in [-0.2, 0) is 0 Å². The van der Waals surface area contributed by atoms with E-state index in [1.54, 1.807) is 6.08 Å². The molecule has 0 aliphatic heterocycles. The number of hydrogen-bond acceptors (Lipinski definition) is 1. The Morgan fingerprint density at radius 3 is 1.77 bits per heavy atom. The molecular weight excluding hydrogens is 158 g/mol. The molecule has 0 fully saturated rings. The average molecular weight is 187 g/mol. The van der Waals surface area contributed by atoms with Gasteiger partial charge in [0, 0.05) is 6.04 Å². The Kier molecular flexibility index (Phi) is 32.1. The van der Waals surface area contributed by atoms with E-state index < -0.39 is 0 Å². The van der Waals surface area contributed by atoms with Crippen molar-refractivity contribution >= 4 is 0 Å². The van der Waals surface area contributed by atoms with Gasteiger partial charge in [0.15, 0.2) is 0 Å². The number of allylic oxidation sites excluding steroid dienone is 1. The lowest BCUT2D eigenvalue weighted by molar-refractivity contribution is 0.503. The molecule has 0 amide bonds. The fourth-order valence-electron chi connectivity index (χ4n) is 0.901. The molecule has 0 rings (SSSR count). The minimum absolute atomic E-state index is 0.750. The summed E-state index contributed by atoms with van der Waals surface area (Å²) in [6.07, 6.45) is 5.61. The van der Waals surface area contributed by atoms with E-state index in [-0.39, 0.29) is 0 Å². The van der Waals surface area contributed by atoms with Crippen molar-refractivity contribution in [2.45, 2.75) is 59.9 Å². The molecule has 0 aliphatic rings. The van der Waals surface area contributed by atoms with Gasteiger partial charge >= 0.3 is 0 Å². The molecule has 0 radical (unpaired) electrons. The predicted octanol–water partition coefficient (Wildman–Crippen LogP) is 4.00. The molecule has 13 heavy (non-hydrogen) atoms. The summed E-state index contributed by atoms with van der Waals surface area (Å²) in [5, 5.41) is 3.25. The molecular formula is C12H29N. The summed E-state index contributed by atoms with van der Waals surface area (Å²) < 4.78 is 0. The Balaban J connectivity index is -0.000000169. The molecule has 0 heterocycles. The third-order valence-electron chi connectivity index (χ3n) is 1.54. The molecule has 82 valence electrons. The van der Waals surface area contributed by atoms with E-state index in [0.29, 0.717) is 0 Å². The van der Waals surface area contributed by atoms with Gasteiger partial charge < -0.3 is 5.32 Å². The van der Waals surface area contributed by atoms with Crippen LogP contribution in [0.25, 0.3) is 0 Å². The molecule has 1 nitrogen and oxygen atoms in total. The standard InChI is InChI=1S/C7H17N.C3H6.C2H6/c1-4-6-7(5-2)8-3;1-3-2;1-2/h7-8H,4-6H2,1-3H3;3H,1H2,2H3;1-2H3. The molecule has 0 spiro atoms. The highest BCUT2D eigenvalue weighted by atomic mass is 14.9. The molecule has 1 atom stereocenters. The van der Waals surface area contributed by atoms with Gasteiger partial charge in [-0.2, -0.15) is 0 Å². The van der Waals surface area contributed by atoms with Crippen LogP contribution in [0.2, 0.25) is 0 Å². The molecule has 1 N–H and O–H groups in total. The lowest BCUT2D eigenvalue weighted by Gasteiger charge is -2.10. The first kappa shape index (κ1) is 18.5. The van der Waals surface area contributed by atoms with Crippen LogP contribution in [0.1, 0.15) is 53.9 Å². The lowest BCUT2D eigenvalue weighted by Crippen LogP contribution is -2.23. The number of hydrogen-bond donors (Lipinski definition) is 1. The fraction of sp³-hybridized carbons (Fsp3) is 0.833. The van der Waals surface area contributed by atoms with E-state index in [2.05, 4.69) is 25.7 Å². The molecule has 0 bridgehead atoms. The quantitative estimate of drug-likeness (QED) is 0.656. The smallest absolute Gasteiger partial charge is 0.00613 e. The van der Waals surface area contributed by atoms with Crippen molar-refractivity contribution in [1.82, 2.24) is 5.32 Å². The van der Waals surface area contributed by atoms with Gasteiger partial charge in [-0.05, 0) is 26.8 Å². The van der Waals surface area contributed by atoms with E-state index in [9.17, 15) is 0 Å². The van der Waals surface area contributed by atoms with Gasteiger partial charge in [-0.1, -0.05) is 40.2 Å². The molecule has 0 aromatic rings. The van der Waals surface area contributed by atoms with Crippen LogP contribution in [0.3, 0.4) is 0 Å². The van der Waals surface area contributed by atoms with Crippen molar-refractivity contribution in [1.29, 1.82) is 0 Å². The van der Waals surface area contributed by atoms with Gasteiger partial charge in [-0.25, -0.2) is 0 Å². The van der Waals surface area contributed by atoms with Crippen molar-refractivity contribution in [2.75, 3.05) is 7.05 Å². The minimum Gasteiger partial charge on any atom is -0.317 e. The topological polar surface area (TPSA) is 12.0 Å². The van der Waals surface area contributed by atoms with E-state index >= 15 is 0 Å². The van der Waals surface area contributed by atoms with Gasteiger partial charge in [-0.15, -0.1) is 6.58 Å². The summed E-state index contributed by atoms with van der Waals surface area (Å²) in [6.45, 7) is 13.7. The summed E-state index contributed by atoms with van der Waals surface area (Å²) in [6, 6.07) is 0.750. The Bertz CT molecular complexity index is 65.5. The molecule has 0 aromatic heterocycles. The minimum atomic E-state index is 0.750. The largest absolute Gasteiger partial charge is 0.317 e. The van der Waals surface area contributed by atoms with Gasteiger partial charge in [0.05, 0.1) is 0 Å². The molecule has 0 aliphatic carbocycles. The van der Waals surface area contributed by atoms with Crippen LogP contribution in [0.4, 0.5) is 0 Å². The second kappa shape index (κ2) is 22.6. The summed E-state index contributed by atoms with van der Waals surface area (Å²) in [7, 11) is 2.03. The summed E-state index contributed by atoms with van der Waals surface area (Å²) >= 11 is 0. The zero-order valence-corrected chi connectivity index (χ0v) is 10.5. The predicted molar refractivity (Wildman–Crippen MR) is 65.3 cm³/mol. The van der Waals surface area contributed by atoms with Crippen LogP contribution >= 0.6 is 0 Å². The number of nitrogens with one attached hydrogen (secondary N) is 1. The van der Waals surface area contributed by atoms with Crippen LogP contribution in [-0.4, -0.2) is 13.1 Å². The fourth-order valence-corrected chi connectivity index (χ4v) is 0.901.